The molecule has 0 saturated heterocycles. The second-order valence-corrected chi connectivity index (χ2v) is 0. The smallest absolute Gasteiger partial charge is 1.00 e. The van der Waals surface area contributed by atoms with Crippen molar-refractivity contribution in [3.63, 3.8) is 0 Å². The molecule has 1 radical (unpaired) electrons. The molecular formula is H9AlFeGeMgMn. The first-order valence-electron chi connectivity index (χ1n) is 0. The maximum atomic E-state index is 0. The van der Waals surface area contributed by atoms with Crippen molar-refractivity contribution in [2.75, 3.05) is 0 Å². The molecule has 5 heteroatoms. The molecule has 0 nitrogen and oxygen atoms in total. The molecule has 0 rings (SSSR count). The van der Waals surface area contributed by atoms with E-state index in [0.717, 1.165) is 0 Å². The Labute approximate surface area is 93.8 Å². The average molecular weight is 244 g/mol. The summed E-state index contributed by atoms with van der Waals surface area (Å²) in [7, 11) is 0. The zero-order valence-corrected chi connectivity index (χ0v) is 5.14. The summed E-state index contributed by atoms with van der Waals surface area (Å²) in [5.74, 6) is 0. The first-order chi connectivity index (χ1) is 0. The zero-order valence-electron chi connectivity index (χ0n) is 3.44. The topological polar surface area (TPSA) is 0 Å². The van der Waals surface area contributed by atoms with E-state index in [0.29, 0.717) is 0 Å². The fourth-order valence-electron chi connectivity index (χ4n) is 0. The maximum absolute atomic E-state index is 0. The van der Waals surface area contributed by atoms with Gasteiger partial charge in [0.2, 0.25) is 0 Å². The predicted molar refractivity (Wildman–Crippen MR) is 29.3 cm³/mol. The van der Waals surface area contributed by atoms with Gasteiger partial charge in [0.25, 0.3) is 0 Å². The molecule has 0 aliphatic carbocycles. The quantitative estimate of drug-likeness (QED) is 0.404. The van der Waals surface area contributed by atoms with Gasteiger partial charge < -0.3 is 2.85 Å². The Balaban J connectivity index is 0. The molecule has 0 bridgehead atoms. The minimum absolute atomic E-state index is 0. The van der Waals surface area contributed by atoms with Gasteiger partial charge in [-0.2, -0.15) is 0 Å². The van der Waals surface area contributed by atoms with E-state index in [1.807, 2.05) is 0 Å². The van der Waals surface area contributed by atoms with Gasteiger partial charge in [-0.1, -0.05) is 0 Å². The van der Waals surface area contributed by atoms with E-state index in [-0.39, 0.29) is 95.0 Å². The van der Waals surface area contributed by atoms with Crippen LogP contribution >= 0.6 is 0 Å². The number of hydrogen-bond donors (Lipinski definition) is 0. The minimum atomic E-state index is 0. The SMILES string of the molecule is [AlH3].[Fe].[GeH4].[H-].[H-].[Mg+2].[Mn]. The van der Waals surface area contributed by atoms with Crippen LogP contribution in [0.5, 0.6) is 0 Å². The second kappa shape index (κ2) is 28.7. The number of rotatable bonds is 0. The van der Waals surface area contributed by atoms with E-state index in [1.54, 1.807) is 0 Å². The first kappa shape index (κ1) is 45.0. The van der Waals surface area contributed by atoms with E-state index in [4.69, 9.17) is 0 Å². The third kappa shape index (κ3) is 19.8. The van der Waals surface area contributed by atoms with Crippen molar-refractivity contribution in [1.82, 2.24) is 0 Å². The van der Waals surface area contributed by atoms with E-state index >= 15 is 0 Å². The van der Waals surface area contributed by atoms with Crippen molar-refractivity contribution in [2.24, 2.45) is 0 Å². The maximum Gasteiger partial charge on any atom is 2.00 e. The van der Waals surface area contributed by atoms with Gasteiger partial charge in [0, 0.05) is 34.1 Å². The summed E-state index contributed by atoms with van der Waals surface area (Å²) < 4.78 is 0. The largest absolute Gasteiger partial charge is 2.00 e. The minimum Gasteiger partial charge on any atom is -1.00 e. The van der Waals surface area contributed by atoms with Gasteiger partial charge in [-0.15, -0.1) is 0 Å². The Morgan fingerprint density at radius 1 is 1.20 bits per heavy atom. The molecule has 5 heavy (non-hydrogen) atoms. The van der Waals surface area contributed by atoms with Crippen LogP contribution in [-0.4, -0.2) is 58.0 Å². The molecule has 0 amide bonds. The summed E-state index contributed by atoms with van der Waals surface area (Å²) >= 11 is 0. The van der Waals surface area contributed by atoms with Crippen LogP contribution in [0.3, 0.4) is 0 Å². The predicted octanol–water partition coefficient (Wildman–Crippen LogP) is -2.80. The van der Waals surface area contributed by atoms with Crippen LogP contribution in [0.15, 0.2) is 0 Å². The summed E-state index contributed by atoms with van der Waals surface area (Å²) in [5.41, 5.74) is 0. The molecule has 0 unspecified atom stereocenters. The molecule has 33 valence electrons. The van der Waals surface area contributed by atoms with Crippen LogP contribution in [0, 0.1) is 0 Å². The Hall–Kier alpha value is 2.88. The normalized spacial score (nSPS) is 0. The van der Waals surface area contributed by atoms with E-state index in [1.165, 1.54) is 0 Å². The van der Waals surface area contributed by atoms with Crippen LogP contribution < -0.4 is 0 Å². The molecule has 0 fully saturated rings. The van der Waals surface area contributed by atoms with Crippen LogP contribution in [-0.2, 0) is 34.1 Å². The molecule has 0 spiro atoms. The van der Waals surface area contributed by atoms with Crippen LogP contribution in [0.1, 0.15) is 2.85 Å². The van der Waals surface area contributed by atoms with Crippen molar-refractivity contribution in [3.05, 3.63) is 0 Å². The Bertz CT molecular complexity index is 17.7. The van der Waals surface area contributed by atoms with Crippen molar-refractivity contribution in [3.8, 4) is 0 Å². The fraction of sp³-hybridized carbons (Fsp3) is 0. The first-order valence-corrected chi connectivity index (χ1v) is 0. The third-order valence-corrected chi connectivity index (χ3v) is 0. The molecular weight excluding hydrogens is 235 g/mol. The van der Waals surface area contributed by atoms with Crippen LogP contribution in [0.4, 0.5) is 0 Å². The standard InChI is InChI=1S/Al.Fe.GeH4.Mg.Mn.5H/h;;1H4;;;;;;;/q;;;+2;;;;;2*-1. The van der Waals surface area contributed by atoms with E-state index in [9.17, 15) is 0 Å². The molecule has 0 aromatic heterocycles. The summed E-state index contributed by atoms with van der Waals surface area (Å²) in [4.78, 5) is 0. The third-order valence-electron chi connectivity index (χ3n) is 0. The molecule has 0 saturated carbocycles. The summed E-state index contributed by atoms with van der Waals surface area (Å²) in [6, 6.07) is 0. The van der Waals surface area contributed by atoms with Crippen molar-refractivity contribution >= 4 is 58.0 Å². The van der Waals surface area contributed by atoms with Crippen LogP contribution in [0.2, 0.25) is 0 Å². The Kier molecular flexibility index (Phi) is 258. The van der Waals surface area contributed by atoms with Gasteiger partial charge in [0.15, 0.2) is 17.4 Å². The van der Waals surface area contributed by atoms with Gasteiger partial charge in [-0.05, 0) is 0 Å². The summed E-state index contributed by atoms with van der Waals surface area (Å²) in [5, 5.41) is 0. The Morgan fingerprint density at radius 2 is 1.20 bits per heavy atom. The molecule has 0 aliphatic heterocycles. The molecule has 0 aromatic rings. The van der Waals surface area contributed by atoms with Crippen LogP contribution in [0.25, 0.3) is 0 Å². The average Bonchev–Trinajstić information content (AvgIpc) is 0. The summed E-state index contributed by atoms with van der Waals surface area (Å²) in [6.07, 6.45) is 0. The van der Waals surface area contributed by atoms with Gasteiger partial charge in [0.05, 0.1) is 0 Å². The summed E-state index contributed by atoms with van der Waals surface area (Å²) in [6.45, 7) is 0. The molecule has 0 aromatic carbocycles. The Morgan fingerprint density at radius 3 is 1.20 bits per heavy atom. The van der Waals surface area contributed by atoms with E-state index < -0.39 is 0 Å². The number of hydrogen-bond acceptors (Lipinski definition) is 0. The molecule has 0 heterocycles. The molecule has 0 N–H and O–H groups in total. The van der Waals surface area contributed by atoms with Gasteiger partial charge in [-0.3, -0.25) is 0 Å². The van der Waals surface area contributed by atoms with Gasteiger partial charge in [0.1, 0.15) is 0 Å². The fourth-order valence-corrected chi connectivity index (χ4v) is 0. The van der Waals surface area contributed by atoms with E-state index in [2.05, 4.69) is 0 Å². The van der Waals surface area contributed by atoms with Gasteiger partial charge in [-0.25, -0.2) is 0 Å². The second-order valence-electron chi connectivity index (χ2n) is 0. The van der Waals surface area contributed by atoms with Crippen molar-refractivity contribution < 1.29 is 37.0 Å². The van der Waals surface area contributed by atoms with Crippen molar-refractivity contribution in [1.29, 1.82) is 0 Å². The molecule has 0 aliphatic rings. The van der Waals surface area contributed by atoms with Gasteiger partial charge >= 0.3 is 40.6 Å². The van der Waals surface area contributed by atoms with Crippen molar-refractivity contribution in [2.45, 2.75) is 0 Å². The monoisotopic (exact) mass is 245 g/mol. The molecule has 0 atom stereocenters. The zero-order chi connectivity index (χ0) is 0.